The Kier molecular flexibility index (Phi) is 3.71. The maximum Gasteiger partial charge on any atom is 0.294 e. The van der Waals surface area contributed by atoms with Crippen LogP contribution in [-0.4, -0.2) is 15.7 Å². The molecule has 0 aliphatic rings. The lowest BCUT2D eigenvalue weighted by atomic mass is 10.2. The van der Waals surface area contributed by atoms with Gasteiger partial charge in [-0.25, -0.2) is 0 Å². The largest absolute Gasteiger partial charge is 0.294 e. The van der Waals surface area contributed by atoms with Crippen molar-refractivity contribution in [1.82, 2.24) is 9.78 Å². The molecule has 92 valence electrons. The van der Waals surface area contributed by atoms with Crippen LogP contribution < -0.4 is 5.56 Å². The van der Waals surface area contributed by atoms with Gasteiger partial charge >= 0.3 is 0 Å². The molecule has 0 radical (unpaired) electrons. The van der Waals surface area contributed by atoms with E-state index in [1.165, 1.54) is 24.3 Å². The molecule has 2 rings (SSSR count). The third-order valence-electron chi connectivity index (χ3n) is 2.16. The number of benzene rings is 1. The minimum Gasteiger partial charge on any atom is -0.267 e. The van der Waals surface area contributed by atoms with Crippen LogP contribution in [0.15, 0.2) is 35.3 Å². The first-order valence-electron chi connectivity index (χ1n) is 4.74. The first-order valence-corrected chi connectivity index (χ1v) is 5.87. The van der Waals surface area contributed by atoms with E-state index in [-0.39, 0.29) is 15.6 Å². The second kappa shape index (κ2) is 5.10. The third kappa shape index (κ3) is 2.41. The minimum absolute atomic E-state index is 0.00169. The summed E-state index contributed by atoms with van der Waals surface area (Å²) in [4.78, 5) is 23.7. The number of aromatic nitrogens is 2. The van der Waals surface area contributed by atoms with Crippen molar-refractivity contribution in [2.24, 2.45) is 0 Å². The lowest BCUT2D eigenvalue weighted by molar-refractivity contribution is 0.0939. The summed E-state index contributed by atoms with van der Waals surface area (Å²) in [5.74, 6) is -0.602. The van der Waals surface area contributed by atoms with Gasteiger partial charge in [-0.2, -0.15) is 9.78 Å². The summed E-state index contributed by atoms with van der Waals surface area (Å²) >= 11 is 17.0. The lowest BCUT2D eigenvalue weighted by Gasteiger charge is -2.04. The minimum atomic E-state index is -0.760. The molecular weight excluding hydrogens is 298 g/mol. The summed E-state index contributed by atoms with van der Waals surface area (Å²) < 4.78 is 0.650. The molecule has 18 heavy (non-hydrogen) atoms. The second-order valence-corrected chi connectivity index (χ2v) is 4.56. The van der Waals surface area contributed by atoms with Crippen molar-refractivity contribution in [3.8, 4) is 0 Å². The molecule has 0 aliphatic carbocycles. The van der Waals surface area contributed by atoms with Crippen LogP contribution in [0, 0.1) is 0 Å². The number of halogens is 3. The van der Waals surface area contributed by atoms with Crippen molar-refractivity contribution in [2.75, 3.05) is 0 Å². The van der Waals surface area contributed by atoms with E-state index in [0.29, 0.717) is 9.70 Å². The van der Waals surface area contributed by atoms with E-state index < -0.39 is 11.5 Å². The molecule has 0 spiro atoms. The molecule has 0 N–H and O–H groups in total. The van der Waals surface area contributed by atoms with Crippen LogP contribution >= 0.6 is 34.8 Å². The summed E-state index contributed by atoms with van der Waals surface area (Å²) in [7, 11) is 0. The van der Waals surface area contributed by atoms with Gasteiger partial charge in [0.15, 0.2) is 0 Å². The molecule has 4 nitrogen and oxygen atoms in total. The highest BCUT2D eigenvalue weighted by Crippen LogP contribution is 2.15. The van der Waals surface area contributed by atoms with E-state index in [2.05, 4.69) is 5.10 Å². The van der Waals surface area contributed by atoms with Crippen molar-refractivity contribution in [2.45, 2.75) is 0 Å². The fraction of sp³-hybridized carbons (Fsp3) is 0. The molecule has 1 aromatic heterocycles. The van der Waals surface area contributed by atoms with Gasteiger partial charge in [0.25, 0.3) is 11.5 Å². The quantitative estimate of drug-likeness (QED) is 0.814. The predicted octanol–water partition coefficient (Wildman–Crippen LogP) is 2.89. The molecule has 1 aromatic carbocycles. The van der Waals surface area contributed by atoms with Gasteiger partial charge in [0.2, 0.25) is 0 Å². The van der Waals surface area contributed by atoms with Crippen LogP contribution in [0.2, 0.25) is 15.1 Å². The predicted molar refractivity (Wildman–Crippen MR) is 69.7 cm³/mol. The topological polar surface area (TPSA) is 52.0 Å². The van der Waals surface area contributed by atoms with E-state index in [9.17, 15) is 9.59 Å². The Hall–Kier alpha value is -1.36. The highest BCUT2D eigenvalue weighted by molar-refractivity contribution is 6.41. The van der Waals surface area contributed by atoms with Crippen LogP contribution in [0.5, 0.6) is 0 Å². The molecule has 0 saturated carbocycles. The van der Waals surface area contributed by atoms with Gasteiger partial charge in [0.1, 0.15) is 5.02 Å². The molecule has 2 aromatic rings. The number of hydrogen-bond donors (Lipinski definition) is 0. The first-order chi connectivity index (χ1) is 8.50. The van der Waals surface area contributed by atoms with E-state index in [0.717, 1.165) is 6.20 Å². The Labute approximate surface area is 117 Å². The molecule has 7 heteroatoms. The van der Waals surface area contributed by atoms with Gasteiger partial charge in [-0.15, -0.1) is 0 Å². The van der Waals surface area contributed by atoms with Crippen molar-refractivity contribution in [1.29, 1.82) is 0 Å². The maximum absolute atomic E-state index is 12.0. The molecule has 0 saturated heterocycles. The van der Waals surface area contributed by atoms with Crippen molar-refractivity contribution in [3.05, 3.63) is 61.4 Å². The Morgan fingerprint density at radius 3 is 2.33 bits per heavy atom. The fourth-order valence-corrected chi connectivity index (χ4v) is 1.65. The van der Waals surface area contributed by atoms with Gasteiger partial charge in [0.05, 0.1) is 11.2 Å². The molecule has 0 fully saturated rings. The number of hydrogen-bond acceptors (Lipinski definition) is 3. The zero-order chi connectivity index (χ0) is 13.3. The summed E-state index contributed by atoms with van der Waals surface area (Å²) in [6.07, 6.45) is 1.14. The SMILES string of the molecule is O=C(c1ccc(Cl)cc1)n1ncc(Cl)c(Cl)c1=O. The second-order valence-electron chi connectivity index (χ2n) is 3.34. The Morgan fingerprint density at radius 1 is 1.11 bits per heavy atom. The smallest absolute Gasteiger partial charge is 0.267 e. The number of nitrogens with zero attached hydrogens (tertiary/aromatic N) is 2. The monoisotopic (exact) mass is 302 g/mol. The molecule has 0 aliphatic heterocycles. The standard InChI is InChI=1S/C11H5Cl3N2O2/c12-7-3-1-6(2-4-7)10(17)16-11(18)9(14)8(13)5-15-16/h1-5H. The van der Waals surface area contributed by atoms with E-state index in [1.807, 2.05) is 0 Å². The zero-order valence-corrected chi connectivity index (χ0v) is 11.0. The van der Waals surface area contributed by atoms with Crippen molar-refractivity contribution in [3.63, 3.8) is 0 Å². The maximum atomic E-state index is 12.0. The molecular formula is C11H5Cl3N2O2. The molecule has 0 amide bonds. The van der Waals surface area contributed by atoms with Crippen LogP contribution in [0.1, 0.15) is 10.4 Å². The highest BCUT2D eigenvalue weighted by atomic mass is 35.5. The van der Waals surface area contributed by atoms with Gasteiger partial charge < -0.3 is 0 Å². The number of carbonyl (C=O) groups is 1. The van der Waals surface area contributed by atoms with E-state index in [1.54, 1.807) is 0 Å². The van der Waals surface area contributed by atoms with E-state index >= 15 is 0 Å². The van der Waals surface area contributed by atoms with Gasteiger partial charge in [0, 0.05) is 10.6 Å². The molecule has 0 unspecified atom stereocenters. The Balaban J connectivity index is 2.50. The number of rotatable bonds is 1. The average molecular weight is 304 g/mol. The lowest BCUT2D eigenvalue weighted by Crippen LogP contribution is -2.30. The van der Waals surface area contributed by atoms with Gasteiger partial charge in [-0.3, -0.25) is 9.59 Å². The van der Waals surface area contributed by atoms with Gasteiger partial charge in [-0.05, 0) is 24.3 Å². The fourth-order valence-electron chi connectivity index (χ4n) is 1.27. The van der Waals surface area contributed by atoms with Crippen LogP contribution in [-0.2, 0) is 0 Å². The summed E-state index contributed by atoms with van der Waals surface area (Å²) in [6, 6.07) is 6.05. The van der Waals surface area contributed by atoms with E-state index in [4.69, 9.17) is 34.8 Å². The van der Waals surface area contributed by atoms with Crippen LogP contribution in [0.4, 0.5) is 0 Å². The summed E-state index contributed by atoms with van der Waals surface area (Å²) in [6.45, 7) is 0. The summed E-state index contributed by atoms with van der Waals surface area (Å²) in [5, 5.41) is 3.89. The third-order valence-corrected chi connectivity index (χ3v) is 3.16. The first kappa shape index (κ1) is 13.1. The van der Waals surface area contributed by atoms with Crippen molar-refractivity contribution < 1.29 is 4.79 Å². The van der Waals surface area contributed by atoms with Crippen molar-refractivity contribution >= 4 is 40.7 Å². The average Bonchev–Trinajstić information content (AvgIpc) is 2.36. The van der Waals surface area contributed by atoms with Crippen LogP contribution in [0.3, 0.4) is 0 Å². The molecule has 1 heterocycles. The Bertz CT molecular complexity index is 665. The Morgan fingerprint density at radius 2 is 1.72 bits per heavy atom. The zero-order valence-electron chi connectivity index (χ0n) is 8.73. The van der Waals surface area contributed by atoms with Crippen LogP contribution in [0.25, 0.3) is 0 Å². The molecule has 0 bridgehead atoms. The van der Waals surface area contributed by atoms with Gasteiger partial charge in [-0.1, -0.05) is 34.8 Å². The number of carbonyl (C=O) groups excluding carboxylic acids is 1. The highest BCUT2D eigenvalue weighted by Gasteiger charge is 2.15. The summed E-state index contributed by atoms with van der Waals surface area (Å²) in [5.41, 5.74) is -0.489. The molecule has 0 atom stereocenters. The normalized spacial score (nSPS) is 10.4.